The molecule has 0 saturated heterocycles. The summed E-state index contributed by atoms with van der Waals surface area (Å²) in [5.41, 5.74) is 2.51. The maximum Gasteiger partial charge on any atom is 0.251 e. The molecule has 1 fully saturated rings. The molecule has 1 aliphatic rings. The van der Waals surface area contributed by atoms with E-state index in [4.69, 9.17) is 11.6 Å². The van der Waals surface area contributed by atoms with Crippen LogP contribution < -0.4 is 0 Å². The maximum absolute atomic E-state index is 13.9. The predicted octanol–water partition coefficient (Wildman–Crippen LogP) is 8.38. The topological polar surface area (TPSA) is 12.9 Å². The number of pyridine rings is 1. The molecule has 1 atom stereocenters. The van der Waals surface area contributed by atoms with E-state index in [0.717, 1.165) is 17.4 Å². The number of hydrogen-bond donors (Lipinski definition) is 0. The van der Waals surface area contributed by atoms with Crippen LogP contribution in [0.15, 0.2) is 24.3 Å². The van der Waals surface area contributed by atoms with Gasteiger partial charge in [0, 0.05) is 5.56 Å². The average Bonchev–Trinajstić information content (AvgIpc) is 2.71. The van der Waals surface area contributed by atoms with Gasteiger partial charge in [-0.25, -0.2) is 9.37 Å². The van der Waals surface area contributed by atoms with E-state index in [-0.39, 0.29) is 8.72 Å². The second-order valence-corrected chi connectivity index (χ2v) is 9.47. The highest BCUT2D eigenvalue weighted by atomic mass is 127. The monoisotopic (exact) mass is 517 g/mol. The van der Waals surface area contributed by atoms with E-state index in [1.54, 1.807) is 22.6 Å². The molecule has 1 heterocycles. The minimum atomic E-state index is -1.15. The highest BCUT2D eigenvalue weighted by molar-refractivity contribution is 14.1. The molecule has 0 radical (unpaired) electrons. The van der Waals surface area contributed by atoms with E-state index in [1.807, 2.05) is 12.1 Å². The first-order valence-electron chi connectivity index (χ1n) is 10.2. The van der Waals surface area contributed by atoms with Crippen LogP contribution in [0.3, 0.4) is 0 Å². The lowest BCUT2D eigenvalue weighted by atomic mass is 9.73. The summed E-state index contributed by atoms with van der Waals surface area (Å²) in [6, 6.07) is 8.08. The number of rotatable bonds is 6. The Morgan fingerprint density at radius 2 is 1.79 bits per heavy atom. The summed E-state index contributed by atoms with van der Waals surface area (Å²) in [6.45, 7) is 4.57. The van der Waals surface area contributed by atoms with Crippen molar-refractivity contribution < 1.29 is 8.78 Å². The molecule has 1 aromatic heterocycles. The second kappa shape index (κ2) is 9.84. The molecular weight excluding hydrogens is 491 g/mol. The summed E-state index contributed by atoms with van der Waals surface area (Å²) < 4.78 is 27.5. The lowest BCUT2D eigenvalue weighted by Gasteiger charge is -2.32. The lowest BCUT2D eigenvalue weighted by Crippen LogP contribution is -2.19. The van der Waals surface area contributed by atoms with Crippen molar-refractivity contribution in [2.45, 2.75) is 64.7 Å². The normalized spacial score (nSPS) is 20.9. The van der Waals surface area contributed by atoms with Crippen molar-refractivity contribution in [2.75, 3.05) is 0 Å². The molecule has 152 valence electrons. The molecule has 0 N–H and O–H groups in total. The van der Waals surface area contributed by atoms with Crippen LogP contribution in [0.5, 0.6) is 0 Å². The predicted molar refractivity (Wildman–Crippen MR) is 121 cm³/mol. The minimum Gasteiger partial charge on any atom is -0.204 e. The maximum atomic E-state index is 13.9. The van der Waals surface area contributed by atoms with Gasteiger partial charge in [0.25, 0.3) is 5.95 Å². The van der Waals surface area contributed by atoms with Crippen LogP contribution in [-0.2, 0) is 0 Å². The molecule has 2 aromatic rings. The van der Waals surface area contributed by atoms with E-state index in [2.05, 4.69) is 31.0 Å². The fourth-order valence-corrected chi connectivity index (χ4v) is 5.65. The standard InChI is InChI=1S/C23H27ClF2IN/c1-3-4-5-15-6-8-16(9-7-15)14(2)17-10-12-18(13-11-17)19-21(27)20(25)23(26)28-22(19)24/h10-16H,3-9H2,1-2H3. The lowest BCUT2D eigenvalue weighted by molar-refractivity contribution is 0.237. The number of unbranched alkanes of at least 4 members (excludes halogenated alkanes) is 1. The Hall–Kier alpha value is -0.750. The van der Waals surface area contributed by atoms with Crippen LogP contribution >= 0.6 is 34.2 Å². The number of halogens is 4. The zero-order chi connectivity index (χ0) is 20.3. The van der Waals surface area contributed by atoms with Gasteiger partial charge in [-0.1, -0.05) is 81.8 Å². The zero-order valence-electron chi connectivity index (χ0n) is 16.5. The number of nitrogens with zero attached hydrogens (tertiary/aromatic N) is 1. The number of aromatic nitrogens is 1. The molecule has 1 nitrogen and oxygen atoms in total. The number of benzene rings is 1. The van der Waals surface area contributed by atoms with E-state index < -0.39 is 11.8 Å². The molecule has 1 unspecified atom stereocenters. The van der Waals surface area contributed by atoms with Gasteiger partial charge in [0.1, 0.15) is 5.15 Å². The highest BCUT2D eigenvalue weighted by Crippen LogP contribution is 2.40. The van der Waals surface area contributed by atoms with Crippen LogP contribution in [0.25, 0.3) is 11.1 Å². The highest BCUT2D eigenvalue weighted by Gasteiger charge is 2.26. The van der Waals surface area contributed by atoms with Crippen LogP contribution in [0.4, 0.5) is 8.78 Å². The van der Waals surface area contributed by atoms with E-state index >= 15 is 0 Å². The van der Waals surface area contributed by atoms with E-state index in [0.29, 0.717) is 11.5 Å². The molecule has 5 heteroatoms. The van der Waals surface area contributed by atoms with Gasteiger partial charge < -0.3 is 0 Å². The summed E-state index contributed by atoms with van der Waals surface area (Å²) in [6.07, 6.45) is 9.32. The quantitative estimate of drug-likeness (QED) is 0.277. The summed E-state index contributed by atoms with van der Waals surface area (Å²) in [5, 5.41) is -0.00509. The van der Waals surface area contributed by atoms with Crippen LogP contribution in [0.1, 0.15) is 70.3 Å². The summed E-state index contributed by atoms with van der Waals surface area (Å²) in [4.78, 5) is 3.49. The zero-order valence-corrected chi connectivity index (χ0v) is 19.4. The Kier molecular flexibility index (Phi) is 7.71. The summed E-state index contributed by atoms with van der Waals surface area (Å²) in [7, 11) is 0. The second-order valence-electron chi connectivity index (χ2n) is 8.03. The van der Waals surface area contributed by atoms with Crippen molar-refractivity contribution in [2.24, 2.45) is 11.8 Å². The summed E-state index contributed by atoms with van der Waals surface area (Å²) in [5.74, 6) is 0.0299. The molecule has 1 saturated carbocycles. The first-order valence-corrected chi connectivity index (χ1v) is 11.7. The van der Waals surface area contributed by atoms with Crippen LogP contribution in [0, 0.1) is 27.2 Å². The minimum absolute atomic E-state index is 0.00509. The van der Waals surface area contributed by atoms with Crippen molar-refractivity contribution in [3.8, 4) is 11.1 Å². The van der Waals surface area contributed by atoms with Gasteiger partial charge in [-0.2, -0.15) is 4.39 Å². The Balaban J connectivity index is 1.71. The molecular formula is C23H27ClF2IN. The van der Waals surface area contributed by atoms with Crippen molar-refractivity contribution in [3.63, 3.8) is 0 Å². The van der Waals surface area contributed by atoms with E-state index in [9.17, 15) is 8.78 Å². The van der Waals surface area contributed by atoms with Crippen LogP contribution in [0.2, 0.25) is 5.15 Å². The molecule has 28 heavy (non-hydrogen) atoms. The first-order chi connectivity index (χ1) is 13.4. The third-order valence-electron chi connectivity index (χ3n) is 6.29. The molecule has 1 aromatic carbocycles. The third-order valence-corrected chi connectivity index (χ3v) is 7.57. The largest absolute Gasteiger partial charge is 0.251 e. The van der Waals surface area contributed by atoms with Gasteiger partial charge in [-0.3, -0.25) is 0 Å². The SMILES string of the molecule is CCCCC1CCC(C(C)c2ccc(-c3c(Cl)nc(F)c(F)c3I)cc2)CC1. The molecule has 0 aliphatic heterocycles. The van der Waals surface area contributed by atoms with Gasteiger partial charge in [-0.05, 0) is 64.3 Å². The van der Waals surface area contributed by atoms with Gasteiger partial charge >= 0.3 is 0 Å². The Bertz CT molecular complexity index is 801. The molecule has 0 amide bonds. The molecule has 3 rings (SSSR count). The Morgan fingerprint density at radius 1 is 1.14 bits per heavy atom. The van der Waals surface area contributed by atoms with Gasteiger partial charge in [0.2, 0.25) is 0 Å². The van der Waals surface area contributed by atoms with E-state index in [1.165, 1.54) is 50.5 Å². The smallest absolute Gasteiger partial charge is 0.204 e. The molecule has 0 bridgehead atoms. The summed E-state index contributed by atoms with van der Waals surface area (Å²) >= 11 is 7.88. The van der Waals surface area contributed by atoms with Gasteiger partial charge in [0.15, 0.2) is 5.82 Å². The first kappa shape index (κ1) is 21.9. The Morgan fingerprint density at radius 3 is 2.39 bits per heavy atom. The van der Waals surface area contributed by atoms with Crippen molar-refractivity contribution in [3.05, 3.63) is 50.3 Å². The fourth-order valence-electron chi connectivity index (χ4n) is 4.42. The van der Waals surface area contributed by atoms with Crippen molar-refractivity contribution in [1.29, 1.82) is 0 Å². The van der Waals surface area contributed by atoms with Gasteiger partial charge in [-0.15, -0.1) is 0 Å². The van der Waals surface area contributed by atoms with Crippen molar-refractivity contribution in [1.82, 2.24) is 4.98 Å². The fraction of sp³-hybridized carbons (Fsp3) is 0.522. The van der Waals surface area contributed by atoms with Crippen LogP contribution in [-0.4, -0.2) is 4.98 Å². The molecule has 0 spiro atoms. The van der Waals surface area contributed by atoms with Gasteiger partial charge in [0.05, 0.1) is 3.57 Å². The Labute approximate surface area is 185 Å². The third kappa shape index (κ3) is 4.86. The number of hydrogen-bond acceptors (Lipinski definition) is 1. The van der Waals surface area contributed by atoms with Crippen molar-refractivity contribution >= 4 is 34.2 Å². The average molecular weight is 518 g/mol. The molecule has 1 aliphatic carbocycles.